The van der Waals surface area contributed by atoms with Crippen LogP contribution < -0.4 is 5.32 Å². The molecule has 0 heterocycles. The molecule has 0 aromatic heterocycles. The van der Waals surface area contributed by atoms with Gasteiger partial charge in [-0.3, -0.25) is 4.90 Å². The van der Waals surface area contributed by atoms with Crippen LogP contribution >= 0.6 is 11.6 Å². The molecule has 3 nitrogen and oxygen atoms in total. The van der Waals surface area contributed by atoms with E-state index in [1.54, 1.807) is 0 Å². The number of rotatable bonds is 6. The highest BCUT2D eigenvalue weighted by Crippen LogP contribution is 2.21. The van der Waals surface area contributed by atoms with E-state index in [-0.39, 0.29) is 12.1 Å². The molecule has 0 aliphatic carbocycles. The Morgan fingerprint density at radius 3 is 2.76 bits per heavy atom. The summed E-state index contributed by atoms with van der Waals surface area (Å²) in [5, 5.41) is 13.5. The number of hydrogen-bond donors (Lipinski definition) is 2. The van der Waals surface area contributed by atoms with Gasteiger partial charge in [-0.2, -0.15) is 0 Å². The zero-order valence-corrected chi connectivity index (χ0v) is 11.4. The molecule has 2 atom stereocenters. The van der Waals surface area contributed by atoms with E-state index in [2.05, 4.69) is 23.2 Å². The fourth-order valence-corrected chi connectivity index (χ4v) is 2.01. The topological polar surface area (TPSA) is 35.5 Å². The lowest BCUT2D eigenvalue weighted by molar-refractivity contribution is 0.108. The SMILES string of the molecule is CNCC(O)CN(C)C(C)c1cccc(Cl)c1. The summed E-state index contributed by atoms with van der Waals surface area (Å²) in [6, 6.07) is 8.07. The molecular formula is C13H21ClN2O. The van der Waals surface area contributed by atoms with Crippen molar-refractivity contribution in [2.75, 3.05) is 27.2 Å². The number of nitrogens with zero attached hydrogens (tertiary/aromatic N) is 1. The van der Waals surface area contributed by atoms with Gasteiger partial charge in [0.05, 0.1) is 6.10 Å². The van der Waals surface area contributed by atoms with Crippen molar-refractivity contribution in [3.8, 4) is 0 Å². The van der Waals surface area contributed by atoms with Crippen molar-refractivity contribution in [2.45, 2.75) is 19.1 Å². The number of hydrogen-bond acceptors (Lipinski definition) is 3. The highest BCUT2D eigenvalue weighted by molar-refractivity contribution is 6.30. The highest BCUT2D eigenvalue weighted by Gasteiger charge is 2.15. The minimum atomic E-state index is -0.355. The molecule has 0 spiro atoms. The van der Waals surface area contributed by atoms with Gasteiger partial charge in [0.25, 0.3) is 0 Å². The molecule has 1 aromatic carbocycles. The first kappa shape index (κ1) is 14.5. The Bertz CT molecular complexity index is 346. The van der Waals surface area contributed by atoms with E-state index >= 15 is 0 Å². The Morgan fingerprint density at radius 2 is 2.18 bits per heavy atom. The number of aliphatic hydroxyl groups is 1. The van der Waals surface area contributed by atoms with Crippen LogP contribution in [0.25, 0.3) is 0 Å². The zero-order valence-electron chi connectivity index (χ0n) is 10.7. The van der Waals surface area contributed by atoms with Gasteiger partial charge in [-0.05, 0) is 38.7 Å². The molecule has 1 aromatic rings. The van der Waals surface area contributed by atoms with Crippen LogP contribution in [0.15, 0.2) is 24.3 Å². The predicted octanol–water partition coefficient (Wildman–Crippen LogP) is 1.91. The van der Waals surface area contributed by atoms with Gasteiger partial charge in [-0.25, -0.2) is 0 Å². The van der Waals surface area contributed by atoms with Gasteiger partial charge >= 0.3 is 0 Å². The van der Waals surface area contributed by atoms with Gasteiger partial charge < -0.3 is 10.4 Å². The number of aliphatic hydroxyl groups excluding tert-OH is 1. The first-order valence-corrected chi connectivity index (χ1v) is 6.20. The van der Waals surface area contributed by atoms with Gasteiger partial charge in [0.1, 0.15) is 0 Å². The van der Waals surface area contributed by atoms with Crippen LogP contribution in [0.1, 0.15) is 18.5 Å². The third-order valence-corrected chi connectivity index (χ3v) is 3.17. The second-order valence-corrected chi connectivity index (χ2v) is 4.82. The number of benzene rings is 1. The summed E-state index contributed by atoms with van der Waals surface area (Å²) < 4.78 is 0. The summed E-state index contributed by atoms with van der Waals surface area (Å²) in [4.78, 5) is 2.12. The Balaban J connectivity index is 2.60. The summed E-state index contributed by atoms with van der Waals surface area (Å²) in [6.45, 7) is 3.35. The van der Waals surface area contributed by atoms with Crippen molar-refractivity contribution in [3.63, 3.8) is 0 Å². The molecule has 0 saturated carbocycles. The molecule has 0 aliphatic heterocycles. The average molecular weight is 257 g/mol. The molecule has 96 valence electrons. The van der Waals surface area contributed by atoms with Crippen molar-refractivity contribution in [1.82, 2.24) is 10.2 Å². The predicted molar refractivity (Wildman–Crippen MR) is 72.4 cm³/mol. The minimum Gasteiger partial charge on any atom is -0.390 e. The first-order chi connectivity index (χ1) is 8.04. The molecule has 0 saturated heterocycles. The van der Waals surface area contributed by atoms with Gasteiger partial charge in [0.15, 0.2) is 0 Å². The Labute approximate surface area is 108 Å². The second kappa shape index (κ2) is 6.97. The fourth-order valence-electron chi connectivity index (χ4n) is 1.81. The largest absolute Gasteiger partial charge is 0.390 e. The number of halogens is 1. The average Bonchev–Trinajstić information content (AvgIpc) is 2.28. The molecule has 0 radical (unpaired) electrons. The maximum absolute atomic E-state index is 9.74. The number of likely N-dealkylation sites (N-methyl/N-ethyl adjacent to an activating group) is 2. The summed E-state index contributed by atoms with van der Waals surface area (Å²) in [5.74, 6) is 0. The van der Waals surface area contributed by atoms with Crippen molar-refractivity contribution >= 4 is 11.6 Å². The standard InChI is InChI=1S/C13H21ClN2O/c1-10(11-5-4-6-12(14)7-11)16(3)9-13(17)8-15-2/h4-7,10,13,15,17H,8-9H2,1-3H3. The van der Waals surface area contributed by atoms with Gasteiger partial charge in [0.2, 0.25) is 0 Å². The molecular weight excluding hydrogens is 236 g/mol. The summed E-state index contributed by atoms with van der Waals surface area (Å²) >= 11 is 5.97. The lowest BCUT2D eigenvalue weighted by Gasteiger charge is -2.27. The molecule has 2 N–H and O–H groups in total. The summed E-state index contributed by atoms with van der Waals surface area (Å²) in [6.07, 6.45) is -0.355. The van der Waals surface area contributed by atoms with E-state index in [0.717, 1.165) is 10.6 Å². The van der Waals surface area contributed by atoms with Crippen LogP contribution in [0.4, 0.5) is 0 Å². The maximum atomic E-state index is 9.74. The Morgan fingerprint density at radius 1 is 1.47 bits per heavy atom. The van der Waals surface area contributed by atoms with Gasteiger partial charge in [0, 0.05) is 24.2 Å². The van der Waals surface area contributed by atoms with Crippen LogP contribution in [0.3, 0.4) is 0 Å². The van der Waals surface area contributed by atoms with E-state index < -0.39 is 0 Å². The van der Waals surface area contributed by atoms with Crippen LogP contribution in [0.5, 0.6) is 0 Å². The van der Waals surface area contributed by atoms with Crippen LogP contribution in [-0.4, -0.2) is 43.3 Å². The highest BCUT2D eigenvalue weighted by atomic mass is 35.5. The second-order valence-electron chi connectivity index (χ2n) is 4.38. The van der Waals surface area contributed by atoms with Crippen molar-refractivity contribution in [1.29, 1.82) is 0 Å². The van der Waals surface area contributed by atoms with Crippen LogP contribution in [-0.2, 0) is 0 Å². The molecule has 4 heteroatoms. The molecule has 0 amide bonds. The smallest absolute Gasteiger partial charge is 0.0791 e. The third-order valence-electron chi connectivity index (χ3n) is 2.93. The maximum Gasteiger partial charge on any atom is 0.0791 e. The molecule has 0 bridgehead atoms. The fraction of sp³-hybridized carbons (Fsp3) is 0.538. The lowest BCUT2D eigenvalue weighted by atomic mass is 10.1. The Kier molecular flexibility index (Phi) is 5.92. The van der Waals surface area contributed by atoms with Crippen molar-refractivity contribution in [2.24, 2.45) is 0 Å². The van der Waals surface area contributed by atoms with Gasteiger partial charge in [-0.15, -0.1) is 0 Å². The molecule has 1 rings (SSSR count). The minimum absolute atomic E-state index is 0.236. The Hall–Kier alpha value is -0.610. The van der Waals surface area contributed by atoms with Crippen molar-refractivity contribution < 1.29 is 5.11 Å². The van der Waals surface area contributed by atoms with Crippen LogP contribution in [0, 0.1) is 0 Å². The normalized spacial score (nSPS) is 14.9. The third kappa shape index (κ3) is 4.64. The van der Waals surface area contributed by atoms with Gasteiger partial charge in [-0.1, -0.05) is 23.7 Å². The molecule has 17 heavy (non-hydrogen) atoms. The first-order valence-electron chi connectivity index (χ1n) is 5.83. The lowest BCUT2D eigenvalue weighted by Crippen LogP contribution is -2.36. The van der Waals surface area contributed by atoms with E-state index in [1.807, 2.05) is 32.3 Å². The summed E-state index contributed by atoms with van der Waals surface area (Å²) in [5.41, 5.74) is 1.16. The monoisotopic (exact) mass is 256 g/mol. The van der Waals surface area contributed by atoms with Crippen molar-refractivity contribution in [3.05, 3.63) is 34.9 Å². The van der Waals surface area contributed by atoms with E-state index in [4.69, 9.17) is 11.6 Å². The number of nitrogens with one attached hydrogen (secondary N) is 1. The molecule has 0 aliphatic rings. The van der Waals surface area contributed by atoms with Crippen LogP contribution in [0.2, 0.25) is 5.02 Å². The summed E-state index contributed by atoms with van der Waals surface area (Å²) in [7, 11) is 3.84. The quantitative estimate of drug-likeness (QED) is 0.816. The van der Waals surface area contributed by atoms with E-state index in [1.165, 1.54) is 0 Å². The zero-order chi connectivity index (χ0) is 12.8. The van der Waals surface area contributed by atoms with E-state index in [9.17, 15) is 5.11 Å². The van der Waals surface area contributed by atoms with E-state index in [0.29, 0.717) is 13.1 Å². The molecule has 2 unspecified atom stereocenters. The molecule has 0 fully saturated rings.